The van der Waals surface area contributed by atoms with Gasteiger partial charge in [-0.15, -0.1) is 0 Å². The van der Waals surface area contributed by atoms with Gasteiger partial charge in [0.15, 0.2) is 11.5 Å². The first kappa shape index (κ1) is 23.7. The fourth-order valence-corrected chi connectivity index (χ4v) is 3.20. The van der Waals surface area contributed by atoms with Gasteiger partial charge in [-0.3, -0.25) is 9.59 Å². The van der Waals surface area contributed by atoms with E-state index in [9.17, 15) is 14.7 Å². The first-order chi connectivity index (χ1) is 14.2. The number of nitrogens with zero attached hydrogens (tertiary/aromatic N) is 1. The van der Waals surface area contributed by atoms with Crippen LogP contribution in [-0.2, 0) is 4.79 Å². The number of ether oxygens (including phenoxy) is 1. The zero-order valence-corrected chi connectivity index (χ0v) is 19.1. The van der Waals surface area contributed by atoms with Gasteiger partial charge in [0.2, 0.25) is 0 Å². The Morgan fingerprint density at radius 1 is 1.27 bits per heavy atom. The number of amides is 2. The molecule has 3 N–H and O–H groups in total. The third-order valence-corrected chi connectivity index (χ3v) is 4.95. The highest BCUT2D eigenvalue weighted by molar-refractivity contribution is 9.10. The van der Waals surface area contributed by atoms with Gasteiger partial charge in [-0.05, 0) is 70.2 Å². The quantitative estimate of drug-likeness (QED) is 0.378. The van der Waals surface area contributed by atoms with Gasteiger partial charge >= 0.3 is 0 Å². The summed E-state index contributed by atoms with van der Waals surface area (Å²) in [4.78, 5) is 25.1. The number of phenolic OH excluding ortho intramolecular Hbond substituents is 1. The lowest BCUT2D eigenvalue weighted by Crippen LogP contribution is -2.46. The third-order valence-electron chi connectivity index (χ3n) is 4.09. The molecular weight excluding hydrogens is 474 g/mol. The maximum absolute atomic E-state index is 12.6. The maximum atomic E-state index is 12.6. The van der Waals surface area contributed by atoms with Crippen LogP contribution in [0.5, 0.6) is 11.5 Å². The molecule has 30 heavy (non-hydrogen) atoms. The number of rotatable bonds is 8. The van der Waals surface area contributed by atoms with Crippen LogP contribution in [0, 0.1) is 5.92 Å². The fraction of sp³-hybridized carbons (Fsp3) is 0.286. The lowest BCUT2D eigenvalue weighted by atomic mass is 10.0. The minimum Gasteiger partial charge on any atom is -0.503 e. The topological polar surface area (TPSA) is 100 Å². The van der Waals surface area contributed by atoms with Crippen LogP contribution in [0.25, 0.3) is 0 Å². The van der Waals surface area contributed by atoms with E-state index >= 15 is 0 Å². The largest absolute Gasteiger partial charge is 0.503 e. The second kappa shape index (κ2) is 11.0. The monoisotopic (exact) mass is 495 g/mol. The van der Waals surface area contributed by atoms with Gasteiger partial charge in [0.05, 0.1) is 17.8 Å². The molecule has 1 atom stereocenters. The Morgan fingerprint density at radius 2 is 1.93 bits per heavy atom. The van der Waals surface area contributed by atoms with Gasteiger partial charge in [-0.25, -0.2) is 5.43 Å². The van der Waals surface area contributed by atoms with Crippen LogP contribution < -0.4 is 15.5 Å². The number of methoxy groups -OCH3 is 1. The number of hydrogen-bond donors (Lipinski definition) is 3. The molecule has 0 spiro atoms. The highest BCUT2D eigenvalue weighted by Gasteiger charge is 2.22. The maximum Gasteiger partial charge on any atom is 0.262 e. The average molecular weight is 497 g/mol. The molecule has 0 fully saturated rings. The van der Waals surface area contributed by atoms with Gasteiger partial charge in [0, 0.05) is 10.6 Å². The van der Waals surface area contributed by atoms with E-state index in [0.717, 1.165) is 0 Å². The minimum absolute atomic E-state index is 0.0272. The molecule has 2 aromatic carbocycles. The Hall–Kier alpha value is -2.58. The number of aromatic hydroxyl groups is 1. The lowest BCUT2D eigenvalue weighted by molar-refractivity contribution is -0.123. The fourth-order valence-electron chi connectivity index (χ4n) is 2.62. The number of halogens is 2. The molecule has 0 aromatic heterocycles. The zero-order chi connectivity index (χ0) is 22.3. The first-order valence-corrected chi connectivity index (χ1v) is 10.3. The Labute approximate surface area is 188 Å². The number of carbonyl (C=O) groups excluding carboxylic acids is 2. The van der Waals surface area contributed by atoms with Gasteiger partial charge in [0.1, 0.15) is 6.04 Å². The van der Waals surface area contributed by atoms with Crippen molar-refractivity contribution in [2.45, 2.75) is 26.3 Å². The molecule has 0 radical (unpaired) electrons. The van der Waals surface area contributed by atoms with E-state index in [4.69, 9.17) is 16.3 Å². The van der Waals surface area contributed by atoms with Crippen molar-refractivity contribution in [3.8, 4) is 11.5 Å². The van der Waals surface area contributed by atoms with E-state index in [-0.39, 0.29) is 23.3 Å². The molecule has 1 unspecified atom stereocenters. The lowest BCUT2D eigenvalue weighted by Gasteiger charge is -2.19. The van der Waals surface area contributed by atoms with Crippen molar-refractivity contribution in [1.29, 1.82) is 0 Å². The summed E-state index contributed by atoms with van der Waals surface area (Å²) >= 11 is 9.08. The van der Waals surface area contributed by atoms with Crippen molar-refractivity contribution >= 4 is 45.6 Å². The molecule has 0 saturated carbocycles. The van der Waals surface area contributed by atoms with Crippen LogP contribution in [0.15, 0.2) is 46.0 Å². The van der Waals surface area contributed by atoms with Gasteiger partial charge in [-0.1, -0.05) is 25.4 Å². The summed E-state index contributed by atoms with van der Waals surface area (Å²) in [6.07, 6.45) is 1.86. The van der Waals surface area contributed by atoms with Gasteiger partial charge in [0.25, 0.3) is 11.8 Å². The summed E-state index contributed by atoms with van der Waals surface area (Å²) < 4.78 is 5.52. The molecule has 7 nitrogen and oxygen atoms in total. The predicted molar refractivity (Wildman–Crippen MR) is 120 cm³/mol. The van der Waals surface area contributed by atoms with E-state index in [2.05, 4.69) is 31.8 Å². The summed E-state index contributed by atoms with van der Waals surface area (Å²) in [5.41, 5.74) is 3.46. The van der Waals surface area contributed by atoms with E-state index in [1.165, 1.54) is 13.3 Å². The zero-order valence-electron chi connectivity index (χ0n) is 16.8. The average Bonchev–Trinajstić information content (AvgIpc) is 2.69. The summed E-state index contributed by atoms with van der Waals surface area (Å²) in [5.74, 6) is -0.394. The number of nitrogens with one attached hydrogen (secondary N) is 2. The van der Waals surface area contributed by atoms with E-state index < -0.39 is 11.9 Å². The molecule has 9 heteroatoms. The standard InChI is InChI=1S/C21H23BrClN3O4/c1-12(2)8-17(25-20(28)14-4-6-15(23)7-5-14)21(29)26-24-11-13-9-16(22)19(27)18(10-13)30-3/h4-7,9-12,17,27H,8H2,1-3H3,(H,25,28)(H,26,29)/b24-11+. The Bertz CT molecular complexity index is 933. The Balaban J connectivity index is 2.08. The molecule has 0 aliphatic heterocycles. The minimum atomic E-state index is -0.758. The van der Waals surface area contributed by atoms with Crippen molar-refractivity contribution in [3.05, 3.63) is 57.0 Å². The summed E-state index contributed by atoms with van der Waals surface area (Å²) in [6.45, 7) is 3.91. The molecule has 2 rings (SSSR count). The number of hydrogen-bond acceptors (Lipinski definition) is 5. The van der Waals surface area contributed by atoms with E-state index in [1.54, 1.807) is 36.4 Å². The smallest absolute Gasteiger partial charge is 0.262 e. The van der Waals surface area contributed by atoms with E-state index in [0.29, 0.717) is 27.0 Å². The van der Waals surface area contributed by atoms with Crippen molar-refractivity contribution in [2.75, 3.05) is 7.11 Å². The van der Waals surface area contributed by atoms with E-state index in [1.807, 2.05) is 13.8 Å². The number of hydrazone groups is 1. The molecule has 160 valence electrons. The van der Waals surface area contributed by atoms with Gasteiger partial charge < -0.3 is 15.2 Å². The highest BCUT2D eigenvalue weighted by atomic mass is 79.9. The van der Waals surface area contributed by atoms with Crippen LogP contribution >= 0.6 is 27.5 Å². The third kappa shape index (κ3) is 6.74. The van der Waals surface area contributed by atoms with Crippen molar-refractivity contribution < 1.29 is 19.4 Å². The predicted octanol–water partition coefficient (Wildman–Crippen LogP) is 4.11. The molecule has 0 saturated heterocycles. The van der Waals surface area contributed by atoms with Crippen LogP contribution in [0.4, 0.5) is 0 Å². The summed E-state index contributed by atoms with van der Waals surface area (Å²) in [6, 6.07) is 8.86. The molecule has 0 aliphatic carbocycles. The number of benzene rings is 2. The van der Waals surface area contributed by atoms with Crippen molar-refractivity contribution in [1.82, 2.24) is 10.7 Å². The second-order valence-electron chi connectivity index (χ2n) is 6.95. The van der Waals surface area contributed by atoms with Crippen LogP contribution in [0.2, 0.25) is 5.02 Å². The SMILES string of the molecule is COc1cc(/C=N/NC(=O)C(CC(C)C)NC(=O)c2ccc(Cl)cc2)cc(Br)c1O. The molecule has 0 heterocycles. The summed E-state index contributed by atoms with van der Waals surface area (Å²) in [7, 11) is 1.43. The van der Waals surface area contributed by atoms with Crippen molar-refractivity contribution in [2.24, 2.45) is 11.0 Å². The number of phenols is 1. The van der Waals surface area contributed by atoms with Crippen molar-refractivity contribution in [3.63, 3.8) is 0 Å². The Morgan fingerprint density at radius 3 is 2.53 bits per heavy atom. The normalized spacial score (nSPS) is 12.1. The van der Waals surface area contributed by atoms with Crippen LogP contribution in [0.1, 0.15) is 36.2 Å². The highest BCUT2D eigenvalue weighted by Crippen LogP contribution is 2.34. The van der Waals surface area contributed by atoms with Gasteiger partial charge in [-0.2, -0.15) is 5.10 Å². The number of carbonyl (C=O) groups is 2. The second-order valence-corrected chi connectivity index (χ2v) is 8.24. The molecular formula is C21H23BrClN3O4. The van der Waals surface area contributed by atoms with Crippen LogP contribution in [0.3, 0.4) is 0 Å². The molecule has 0 aliphatic rings. The van der Waals surface area contributed by atoms with Crippen LogP contribution in [-0.4, -0.2) is 36.3 Å². The summed E-state index contributed by atoms with van der Waals surface area (Å²) in [5, 5.41) is 17.1. The molecule has 0 bridgehead atoms. The first-order valence-electron chi connectivity index (χ1n) is 9.17. The molecule has 2 amide bonds. The molecule has 2 aromatic rings. The Kier molecular flexibility index (Phi) is 8.68.